The van der Waals surface area contributed by atoms with Gasteiger partial charge >= 0.3 is 6.03 Å². The maximum Gasteiger partial charge on any atom is 0.321 e. The number of urea groups is 1. The minimum Gasteiger partial charge on any atom is -0.484 e. The number of anilines is 1. The number of fused-ring (bicyclic) bond motifs is 1. The molecule has 4 rings (SSSR count). The maximum absolute atomic E-state index is 13.4. The van der Waals surface area contributed by atoms with Gasteiger partial charge in [-0.2, -0.15) is 0 Å². The number of carbonyl (C=O) groups is 2. The molecule has 6 nitrogen and oxygen atoms in total. The number of benzene rings is 3. The molecule has 172 valence electrons. The average molecular weight is 490 g/mol. The number of nitrogens with zero attached hydrogens (tertiary/aromatic N) is 1. The summed E-state index contributed by atoms with van der Waals surface area (Å²) in [6.07, 6.45) is 1.26. The molecular weight excluding hydrogens is 468 g/mol. The summed E-state index contributed by atoms with van der Waals surface area (Å²) in [7, 11) is 0. The molecule has 0 saturated carbocycles. The first-order valence-corrected chi connectivity index (χ1v) is 11.3. The van der Waals surface area contributed by atoms with E-state index in [-0.39, 0.29) is 35.4 Å². The number of likely N-dealkylation sites (tertiary alicyclic amines) is 1. The van der Waals surface area contributed by atoms with Crippen molar-refractivity contribution in [2.75, 3.05) is 25.0 Å². The summed E-state index contributed by atoms with van der Waals surface area (Å²) in [5.41, 5.74) is 0.709. The quantitative estimate of drug-likeness (QED) is 0.498. The van der Waals surface area contributed by atoms with Gasteiger partial charge in [-0.1, -0.05) is 35.3 Å². The van der Waals surface area contributed by atoms with Gasteiger partial charge in [-0.05, 0) is 60.0 Å². The first kappa shape index (κ1) is 23.1. The van der Waals surface area contributed by atoms with E-state index >= 15 is 0 Å². The third-order valence-corrected chi connectivity index (χ3v) is 6.00. The van der Waals surface area contributed by atoms with E-state index < -0.39 is 5.82 Å². The topological polar surface area (TPSA) is 70.7 Å². The summed E-state index contributed by atoms with van der Waals surface area (Å²) < 4.78 is 18.8. The SMILES string of the molecule is O=C(COc1ccc(Cl)c(F)c1)NC1CCN(C(=O)Nc2ccc3cc(Cl)ccc3c2)CC1. The molecule has 0 atom stereocenters. The highest BCUT2D eigenvalue weighted by molar-refractivity contribution is 6.31. The molecule has 0 bridgehead atoms. The molecule has 0 aromatic heterocycles. The van der Waals surface area contributed by atoms with Gasteiger partial charge in [-0.15, -0.1) is 0 Å². The molecule has 1 aliphatic rings. The summed E-state index contributed by atoms with van der Waals surface area (Å²) in [5.74, 6) is -0.673. The molecule has 1 saturated heterocycles. The Balaban J connectivity index is 1.22. The van der Waals surface area contributed by atoms with Gasteiger partial charge in [0.25, 0.3) is 5.91 Å². The van der Waals surface area contributed by atoms with Crippen LogP contribution in [0.5, 0.6) is 5.75 Å². The van der Waals surface area contributed by atoms with Gasteiger partial charge in [0.2, 0.25) is 0 Å². The van der Waals surface area contributed by atoms with Crippen LogP contribution in [0.4, 0.5) is 14.9 Å². The van der Waals surface area contributed by atoms with Crippen molar-refractivity contribution >= 4 is 51.6 Å². The van der Waals surface area contributed by atoms with Crippen LogP contribution in [0.2, 0.25) is 10.0 Å². The normalized spacial score (nSPS) is 14.2. The molecule has 0 unspecified atom stereocenters. The number of ether oxygens (including phenoxy) is 1. The summed E-state index contributed by atoms with van der Waals surface area (Å²) in [5, 5.41) is 8.47. The third kappa shape index (κ3) is 6.06. The summed E-state index contributed by atoms with van der Waals surface area (Å²) in [4.78, 5) is 26.5. The van der Waals surface area contributed by atoms with E-state index in [1.807, 2.05) is 36.4 Å². The van der Waals surface area contributed by atoms with Gasteiger partial charge in [0.05, 0.1) is 5.02 Å². The smallest absolute Gasteiger partial charge is 0.321 e. The zero-order valence-electron chi connectivity index (χ0n) is 17.6. The molecular formula is C24H22Cl2FN3O3. The largest absolute Gasteiger partial charge is 0.484 e. The molecule has 1 heterocycles. The number of amides is 3. The van der Waals surface area contributed by atoms with E-state index in [4.69, 9.17) is 27.9 Å². The lowest BCUT2D eigenvalue weighted by molar-refractivity contribution is -0.124. The van der Waals surface area contributed by atoms with Crippen molar-refractivity contribution in [1.29, 1.82) is 0 Å². The highest BCUT2D eigenvalue weighted by Crippen LogP contribution is 2.23. The molecule has 0 radical (unpaired) electrons. The number of hydrogen-bond acceptors (Lipinski definition) is 3. The Labute approximate surface area is 200 Å². The van der Waals surface area contributed by atoms with Crippen molar-refractivity contribution in [3.05, 3.63) is 70.5 Å². The van der Waals surface area contributed by atoms with Gasteiger partial charge in [-0.3, -0.25) is 4.79 Å². The third-order valence-electron chi connectivity index (χ3n) is 5.46. The van der Waals surface area contributed by atoms with E-state index in [1.54, 1.807) is 4.90 Å². The molecule has 0 aliphatic carbocycles. The first-order chi connectivity index (χ1) is 15.9. The molecule has 33 heavy (non-hydrogen) atoms. The number of rotatable bonds is 5. The predicted molar refractivity (Wildman–Crippen MR) is 128 cm³/mol. The Morgan fingerprint density at radius 1 is 1.00 bits per heavy atom. The van der Waals surface area contributed by atoms with Crippen LogP contribution in [0.1, 0.15) is 12.8 Å². The summed E-state index contributed by atoms with van der Waals surface area (Å²) in [6, 6.07) is 15.0. The van der Waals surface area contributed by atoms with E-state index in [9.17, 15) is 14.0 Å². The maximum atomic E-state index is 13.4. The Morgan fingerprint density at radius 2 is 1.73 bits per heavy atom. The Morgan fingerprint density at radius 3 is 2.48 bits per heavy atom. The molecule has 3 aromatic carbocycles. The number of halogens is 3. The van der Waals surface area contributed by atoms with Crippen LogP contribution < -0.4 is 15.4 Å². The summed E-state index contributed by atoms with van der Waals surface area (Å²) >= 11 is 11.6. The predicted octanol–water partition coefficient (Wildman–Crippen LogP) is 5.48. The number of carbonyl (C=O) groups excluding carboxylic acids is 2. The zero-order valence-corrected chi connectivity index (χ0v) is 19.1. The second-order valence-corrected chi connectivity index (χ2v) is 8.67. The standard InChI is InChI=1S/C24H22Cl2FN3O3/c25-17-3-1-16-12-19(4-2-15(16)11-17)29-24(32)30-9-7-18(8-10-30)28-23(31)14-33-20-5-6-21(26)22(27)13-20/h1-6,11-13,18H,7-10,14H2,(H,28,31)(H,29,32). The minimum atomic E-state index is -0.603. The van der Waals surface area contributed by atoms with Crippen LogP contribution >= 0.6 is 23.2 Å². The molecule has 3 amide bonds. The number of piperidine rings is 1. The van der Waals surface area contributed by atoms with Crippen molar-refractivity contribution in [1.82, 2.24) is 10.2 Å². The van der Waals surface area contributed by atoms with Gasteiger partial charge in [0.15, 0.2) is 6.61 Å². The van der Waals surface area contributed by atoms with Gasteiger partial charge in [-0.25, -0.2) is 9.18 Å². The summed E-state index contributed by atoms with van der Waals surface area (Å²) in [6.45, 7) is 0.807. The Hall–Kier alpha value is -3.03. The Kier molecular flexibility index (Phi) is 7.20. The molecule has 1 fully saturated rings. The van der Waals surface area contributed by atoms with Gasteiger partial charge in [0, 0.05) is 35.9 Å². The molecule has 1 aliphatic heterocycles. The van der Waals surface area contributed by atoms with E-state index in [0.29, 0.717) is 36.6 Å². The molecule has 2 N–H and O–H groups in total. The first-order valence-electron chi connectivity index (χ1n) is 10.5. The van der Waals surface area contributed by atoms with E-state index in [2.05, 4.69) is 10.6 Å². The van der Waals surface area contributed by atoms with Crippen molar-refractivity contribution in [2.24, 2.45) is 0 Å². The van der Waals surface area contributed by atoms with Crippen molar-refractivity contribution < 1.29 is 18.7 Å². The highest BCUT2D eigenvalue weighted by Gasteiger charge is 2.24. The van der Waals surface area contributed by atoms with Crippen LogP contribution in [0.15, 0.2) is 54.6 Å². The number of hydrogen-bond donors (Lipinski definition) is 2. The fourth-order valence-electron chi connectivity index (χ4n) is 3.71. The van der Waals surface area contributed by atoms with Crippen molar-refractivity contribution in [3.63, 3.8) is 0 Å². The number of nitrogens with one attached hydrogen (secondary N) is 2. The second-order valence-electron chi connectivity index (χ2n) is 7.83. The van der Waals surface area contributed by atoms with E-state index in [0.717, 1.165) is 16.8 Å². The lowest BCUT2D eigenvalue weighted by atomic mass is 10.1. The van der Waals surface area contributed by atoms with Crippen LogP contribution in [0.25, 0.3) is 10.8 Å². The molecule has 3 aromatic rings. The second kappa shape index (κ2) is 10.3. The molecule has 0 spiro atoms. The minimum absolute atomic E-state index is 0.00636. The fraction of sp³-hybridized carbons (Fsp3) is 0.250. The van der Waals surface area contributed by atoms with Crippen molar-refractivity contribution in [2.45, 2.75) is 18.9 Å². The van der Waals surface area contributed by atoms with Gasteiger partial charge < -0.3 is 20.3 Å². The van der Waals surface area contributed by atoms with Crippen LogP contribution in [-0.2, 0) is 4.79 Å². The van der Waals surface area contributed by atoms with Crippen LogP contribution in [0, 0.1) is 5.82 Å². The van der Waals surface area contributed by atoms with E-state index in [1.165, 1.54) is 12.1 Å². The average Bonchev–Trinajstić information content (AvgIpc) is 2.80. The fourth-order valence-corrected chi connectivity index (χ4v) is 4.01. The van der Waals surface area contributed by atoms with Crippen LogP contribution in [0.3, 0.4) is 0 Å². The van der Waals surface area contributed by atoms with Crippen LogP contribution in [-0.4, -0.2) is 42.6 Å². The lowest BCUT2D eigenvalue weighted by Crippen LogP contribution is -2.48. The van der Waals surface area contributed by atoms with Gasteiger partial charge in [0.1, 0.15) is 11.6 Å². The highest BCUT2D eigenvalue weighted by atomic mass is 35.5. The Bertz CT molecular complexity index is 1180. The van der Waals surface area contributed by atoms with Crippen molar-refractivity contribution in [3.8, 4) is 5.75 Å². The molecule has 9 heteroatoms. The lowest BCUT2D eigenvalue weighted by Gasteiger charge is -2.32. The zero-order chi connectivity index (χ0) is 23.4. The monoisotopic (exact) mass is 489 g/mol.